The Morgan fingerprint density at radius 3 is 2.38 bits per heavy atom. The Hall–Kier alpha value is -1.63. The van der Waals surface area contributed by atoms with E-state index in [2.05, 4.69) is 10.6 Å². The van der Waals surface area contributed by atoms with E-state index in [0.29, 0.717) is 30.9 Å². The first-order valence-electron chi connectivity index (χ1n) is 9.16. The smallest absolute Gasteiger partial charge is 0.251 e. The average molecular weight is 382 g/mol. The summed E-state index contributed by atoms with van der Waals surface area (Å²) in [7, 11) is 0. The summed E-state index contributed by atoms with van der Waals surface area (Å²) in [6, 6.07) is 7.34. The molecule has 2 atom stereocenters. The maximum Gasteiger partial charge on any atom is 0.251 e. The molecule has 0 spiro atoms. The maximum atomic E-state index is 12.3. The summed E-state index contributed by atoms with van der Waals surface area (Å²) in [5, 5.41) is 5.92. The van der Waals surface area contributed by atoms with Crippen LogP contribution in [0.15, 0.2) is 24.3 Å². The highest BCUT2D eigenvalue weighted by Gasteiger charge is 2.26. The van der Waals surface area contributed by atoms with Crippen LogP contribution in [-0.4, -0.2) is 37.1 Å². The van der Waals surface area contributed by atoms with Crippen LogP contribution >= 0.6 is 12.4 Å². The van der Waals surface area contributed by atoms with Gasteiger partial charge >= 0.3 is 0 Å². The lowest BCUT2D eigenvalue weighted by Gasteiger charge is -2.23. The van der Waals surface area contributed by atoms with Gasteiger partial charge in [0.2, 0.25) is 5.91 Å². The number of rotatable bonds is 5. The number of halogens is 1. The van der Waals surface area contributed by atoms with E-state index in [-0.39, 0.29) is 42.2 Å². The van der Waals surface area contributed by atoms with Crippen molar-refractivity contribution in [3.05, 3.63) is 29.8 Å². The molecule has 3 rings (SSSR count). The highest BCUT2D eigenvalue weighted by Crippen LogP contribution is 2.27. The van der Waals surface area contributed by atoms with Crippen molar-refractivity contribution in [1.29, 1.82) is 0 Å². The second-order valence-electron chi connectivity index (χ2n) is 7.04. The molecule has 1 aromatic carbocycles. The third-order valence-electron chi connectivity index (χ3n) is 5.15. The summed E-state index contributed by atoms with van der Waals surface area (Å²) < 4.78 is 5.29. The van der Waals surface area contributed by atoms with E-state index < -0.39 is 0 Å². The molecule has 4 N–H and O–H groups in total. The predicted octanol–water partition coefficient (Wildman–Crippen LogP) is 2.47. The van der Waals surface area contributed by atoms with E-state index in [9.17, 15) is 9.59 Å². The van der Waals surface area contributed by atoms with Gasteiger partial charge in [0.1, 0.15) is 0 Å². The second kappa shape index (κ2) is 9.90. The number of nitrogens with two attached hydrogens (primary N) is 1. The van der Waals surface area contributed by atoms with E-state index in [1.165, 1.54) is 0 Å². The van der Waals surface area contributed by atoms with Crippen LogP contribution in [0.1, 0.15) is 48.9 Å². The SMILES string of the molecule is Cl.N[C@@H]1CCC[C@H]1CC(=O)Nc1ccc(C(=O)NC2CCOCC2)cc1. The summed E-state index contributed by atoms with van der Waals surface area (Å²) in [4.78, 5) is 24.4. The summed E-state index contributed by atoms with van der Waals surface area (Å²) in [6.45, 7) is 1.39. The Morgan fingerprint density at radius 1 is 1.08 bits per heavy atom. The van der Waals surface area contributed by atoms with Crippen LogP contribution in [0, 0.1) is 5.92 Å². The fourth-order valence-corrected chi connectivity index (χ4v) is 3.58. The minimum Gasteiger partial charge on any atom is -0.381 e. The van der Waals surface area contributed by atoms with Crippen LogP contribution in [0.25, 0.3) is 0 Å². The van der Waals surface area contributed by atoms with Gasteiger partial charge in [0.05, 0.1) is 0 Å². The molecule has 1 heterocycles. The largest absolute Gasteiger partial charge is 0.381 e. The average Bonchev–Trinajstić information content (AvgIpc) is 3.01. The molecule has 1 saturated heterocycles. The molecule has 2 amide bonds. The first kappa shape index (κ1) is 20.7. The molecular weight excluding hydrogens is 354 g/mol. The topological polar surface area (TPSA) is 93.5 Å². The molecule has 0 bridgehead atoms. The number of hydrogen-bond donors (Lipinski definition) is 3. The number of carbonyl (C=O) groups is 2. The lowest BCUT2D eigenvalue weighted by Crippen LogP contribution is -2.38. The zero-order valence-electron chi connectivity index (χ0n) is 14.9. The fraction of sp³-hybridized carbons (Fsp3) is 0.579. The van der Waals surface area contributed by atoms with Crippen molar-refractivity contribution in [2.45, 2.75) is 50.6 Å². The van der Waals surface area contributed by atoms with Crippen LogP contribution in [0.2, 0.25) is 0 Å². The Morgan fingerprint density at radius 2 is 1.77 bits per heavy atom. The summed E-state index contributed by atoms with van der Waals surface area (Å²) in [5.41, 5.74) is 7.33. The molecule has 0 radical (unpaired) electrons. The van der Waals surface area contributed by atoms with Crippen LogP contribution in [0.4, 0.5) is 5.69 Å². The Bertz CT molecular complexity index is 603. The number of nitrogens with one attached hydrogen (secondary N) is 2. The molecule has 0 unspecified atom stereocenters. The number of benzene rings is 1. The molecule has 1 aromatic rings. The third-order valence-corrected chi connectivity index (χ3v) is 5.15. The zero-order valence-corrected chi connectivity index (χ0v) is 15.7. The van der Waals surface area contributed by atoms with Gasteiger partial charge in [0.15, 0.2) is 0 Å². The normalized spacial score (nSPS) is 23.1. The van der Waals surface area contributed by atoms with E-state index in [0.717, 1.165) is 32.1 Å². The predicted molar refractivity (Wildman–Crippen MR) is 104 cm³/mol. The van der Waals surface area contributed by atoms with Gasteiger partial charge in [-0.1, -0.05) is 6.42 Å². The van der Waals surface area contributed by atoms with Crippen molar-refractivity contribution in [2.75, 3.05) is 18.5 Å². The molecular formula is C19H28ClN3O3. The fourth-order valence-electron chi connectivity index (χ4n) is 3.58. The highest BCUT2D eigenvalue weighted by atomic mass is 35.5. The van der Waals surface area contributed by atoms with Crippen LogP contribution in [-0.2, 0) is 9.53 Å². The van der Waals surface area contributed by atoms with Gasteiger partial charge in [-0.25, -0.2) is 0 Å². The molecule has 26 heavy (non-hydrogen) atoms. The number of amides is 2. The molecule has 6 nitrogen and oxygen atoms in total. The first-order chi connectivity index (χ1) is 12.1. The lowest BCUT2D eigenvalue weighted by molar-refractivity contribution is -0.117. The first-order valence-corrected chi connectivity index (χ1v) is 9.16. The van der Waals surface area contributed by atoms with Gasteiger partial charge in [-0.15, -0.1) is 12.4 Å². The van der Waals surface area contributed by atoms with Gasteiger partial charge in [-0.2, -0.15) is 0 Å². The van der Waals surface area contributed by atoms with Crippen LogP contribution in [0.3, 0.4) is 0 Å². The molecule has 2 fully saturated rings. The minimum absolute atomic E-state index is 0. The third kappa shape index (κ3) is 5.69. The number of hydrogen-bond acceptors (Lipinski definition) is 4. The highest BCUT2D eigenvalue weighted by molar-refractivity contribution is 5.96. The van der Waals surface area contributed by atoms with Crippen LogP contribution < -0.4 is 16.4 Å². The minimum atomic E-state index is -0.0818. The van der Waals surface area contributed by atoms with Crippen molar-refractivity contribution in [1.82, 2.24) is 5.32 Å². The van der Waals surface area contributed by atoms with E-state index >= 15 is 0 Å². The van der Waals surface area contributed by atoms with Gasteiger partial charge in [-0.05, 0) is 55.9 Å². The van der Waals surface area contributed by atoms with Crippen LogP contribution in [0.5, 0.6) is 0 Å². The molecule has 144 valence electrons. The lowest BCUT2D eigenvalue weighted by atomic mass is 10.00. The Labute approximate surface area is 160 Å². The summed E-state index contributed by atoms with van der Waals surface area (Å²) in [6.07, 6.45) is 5.31. The van der Waals surface area contributed by atoms with Gasteiger partial charge < -0.3 is 21.1 Å². The molecule has 2 aliphatic rings. The van der Waals surface area contributed by atoms with Crippen molar-refractivity contribution in [3.63, 3.8) is 0 Å². The van der Waals surface area contributed by atoms with Crippen molar-refractivity contribution >= 4 is 29.9 Å². The quantitative estimate of drug-likeness (QED) is 0.730. The molecule has 1 aliphatic carbocycles. The zero-order chi connectivity index (χ0) is 17.6. The Balaban J connectivity index is 0.00000243. The summed E-state index contributed by atoms with van der Waals surface area (Å²) >= 11 is 0. The van der Waals surface area contributed by atoms with Gasteiger partial charge in [0.25, 0.3) is 5.91 Å². The second-order valence-corrected chi connectivity index (χ2v) is 7.04. The summed E-state index contributed by atoms with van der Waals surface area (Å²) in [5.74, 6) is 0.188. The van der Waals surface area contributed by atoms with Gasteiger partial charge in [0, 0.05) is 43.0 Å². The van der Waals surface area contributed by atoms with Crippen molar-refractivity contribution < 1.29 is 14.3 Å². The maximum absolute atomic E-state index is 12.3. The number of anilines is 1. The molecule has 7 heteroatoms. The van der Waals surface area contributed by atoms with E-state index in [4.69, 9.17) is 10.5 Å². The molecule has 0 aromatic heterocycles. The number of carbonyl (C=O) groups excluding carboxylic acids is 2. The van der Waals surface area contributed by atoms with E-state index in [1.807, 2.05) is 0 Å². The van der Waals surface area contributed by atoms with Crippen molar-refractivity contribution in [2.24, 2.45) is 11.7 Å². The van der Waals surface area contributed by atoms with Crippen molar-refractivity contribution in [3.8, 4) is 0 Å². The monoisotopic (exact) mass is 381 g/mol. The van der Waals surface area contributed by atoms with E-state index in [1.54, 1.807) is 24.3 Å². The Kier molecular flexibility index (Phi) is 7.87. The van der Waals surface area contributed by atoms with Gasteiger partial charge in [-0.3, -0.25) is 9.59 Å². The molecule has 1 aliphatic heterocycles. The number of ether oxygens (including phenoxy) is 1. The molecule has 1 saturated carbocycles. The standard InChI is InChI=1S/C19H27N3O3.ClH/c20-17-3-1-2-14(17)12-18(23)21-15-6-4-13(5-7-15)19(24)22-16-8-10-25-11-9-16;/h4-7,14,16-17H,1-3,8-12,20H2,(H,21,23)(H,22,24);1H/t14-,17+;/m0./s1.